The van der Waals surface area contributed by atoms with Crippen LogP contribution in [0.2, 0.25) is 0 Å². The molecule has 7 heteroatoms. The molecule has 3 aromatic carbocycles. The van der Waals surface area contributed by atoms with E-state index < -0.39 is 5.97 Å². The van der Waals surface area contributed by atoms with E-state index in [2.05, 4.69) is 60.3 Å². The van der Waals surface area contributed by atoms with E-state index in [1.54, 1.807) is 11.7 Å². The van der Waals surface area contributed by atoms with Crippen molar-refractivity contribution in [1.29, 1.82) is 0 Å². The van der Waals surface area contributed by atoms with Gasteiger partial charge in [0.15, 0.2) is 0 Å². The van der Waals surface area contributed by atoms with Crippen LogP contribution in [0, 0.1) is 6.92 Å². The minimum absolute atomic E-state index is 0.0641. The summed E-state index contributed by atoms with van der Waals surface area (Å²) in [6.45, 7) is 5.39. The topological polar surface area (TPSA) is 86.5 Å². The normalized spacial score (nSPS) is 11.8. The predicted molar refractivity (Wildman–Crippen MR) is 143 cm³/mol. The summed E-state index contributed by atoms with van der Waals surface area (Å²) >= 11 is 0. The molecule has 0 spiro atoms. The SMILES string of the molecule is CCCCOc1ccc(C)cc1-c1ccc(COc2ccc(C(CC(=O)O)c3ncnn3C)cc2)cc1. The predicted octanol–water partition coefficient (Wildman–Crippen LogP) is 6.16. The van der Waals surface area contributed by atoms with E-state index in [1.165, 1.54) is 11.9 Å². The van der Waals surface area contributed by atoms with Gasteiger partial charge < -0.3 is 14.6 Å². The molecule has 0 saturated heterocycles. The van der Waals surface area contributed by atoms with Gasteiger partial charge in [-0.2, -0.15) is 5.10 Å². The molecule has 4 rings (SSSR count). The summed E-state index contributed by atoms with van der Waals surface area (Å²) in [6, 6.07) is 22.1. The number of hydrogen-bond acceptors (Lipinski definition) is 5. The van der Waals surface area contributed by atoms with Gasteiger partial charge in [0, 0.05) is 12.6 Å². The monoisotopic (exact) mass is 499 g/mol. The van der Waals surface area contributed by atoms with Gasteiger partial charge >= 0.3 is 5.97 Å². The molecule has 1 aromatic heterocycles. The minimum Gasteiger partial charge on any atom is -0.493 e. The fourth-order valence-corrected chi connectivity index (χ4v) is 4.22. The fourth-order valence-electron chi connectivity index (χ4n) is 4.22. The molecule has 0 fully saturated rings. The molecule has 0 bridgehead atoms. The number of benzene rings is 3. The van der Waals surface area contributed by atoms with Crippen molar-refractivity contribution >= 4 is 5.97 Å². The van der Waals surface area contributed by atoms with Gasteiger partial charge in [-0.15, -0.1) is 0 Å². The van der Waals surface area contributed by atoms with E-state index in [9.17, 15) is 9.90 Å². The standard InChI is InChI=1S/C30H33N3O4/c1-4-5-16-36-28-15-6-21(2)17-26(28)23-9-7-22(8-10-23)19-37-25-13-11-24(12-14-25)27(18-29(34)35)30-31-20-32-33(30)3/h6-15,17,20,27H,4-5,16,18-19H2,1-3H3,(H,34,35). The third-order valence-corrected chi connectivity index (χ3v) is 6.28. The molecule has 37 heavy (non-hydrogen) atoms. The first-order valence-corrected chi connectivity index (χ1v) is 12.6. The highest BCUT2D eigenvalue weighted by molar-refractivity contribution is 5.71. The summed E-state index contributed by atoms with van der Waals surface area (Å²) in [6.07, 6.45) is 3.51. The Kier molecular flexibility index (Phi) is 8.56. The maximum absolute atomic E-state index is 11.4. The Balaban J connectivity index is 1.42. The minimum atomic E-state index is -0.887. The number of aliphatic carboxylic acids is 1. The van der Waals surface area contributed by atoms with Gasteiger partial charge in [-0.1, -0.05) is 61.4 Å². The molecule has 1 unspecified atom stereocenters. The average molecular weight is 500 g/mol. The third-order valence-electron chi connectivity index (χ3n) is 6.28. The summed E-state index contributed by atoms with van der Waals surface area (Å²) in [7, 11) is 1.76. The largest absolute Gasteiger partial charge is 0.493 e. The first-order chi connectivity index (χ1) is 17.9. The van der Waals surface area contributed by atoms with E-state index in [4.69, 9.17) is 9.47 Å². The van der Waals surface area contributed by atoms with Gasteiger partial charge in [0.2, 0.25) is 0 Å². The Morgan fingerprint density at radius 1 is 1.03 bits per heavy atom. The molecule has 4 aromatic rings. The van der Waals surface area contributed by atoms with E-state index in [0.29, 0.717) is 24.8 Å². The maximum Gasteiger partial charge on any atom is 0.304 e. The third kappa shape index (κ3) is 6.76. The van der Waals surface area contributed by atoms with Crippen LogP contribution in [0.15, 0.2) is 73.1 Å². The quantitative estimate of drug-likeness (QED) is 0.235. The molecular formula is C30H33N3O4. The van der Waals surface area contributed by atoms with E-state index in [0.717, 1.165) is 40.8 Å². The highest BCUT2D eigenvalue weighted by Gasteiger charge is 2.22. The zero-order valence-electron chi connectivity index (χ0n) is 21.6. The van der Waals surface area contributed by atoms with Crippen molar-refractivity contribution in [1.82, 2.24) is 14.8 Å². The van der Waals surface area contributed by atoms with Crippen LogP contribution in [0.1, 0.15) is 54.6 Å². The molecule has 1 atom stereocenters. The number of carboxylic acids is 1. The van der Waals surface area contributed by atoms with Crippen LogP contribution in [0.4, 0.5) is 0 Å². The zero-order chi connectivity index (χ0) is 26.2. The number of nitrogens with zero attached hydrogens (tertiary/aromatic N) is 3. The molecule has 0 amide bonds. The second-order valence-corrected chi connectivity index (χ2v) is 9.15. The lowest BCUT2D eigenvalue weighted by Crippen LogP contribution is -2.13. The van der Waals surface area contributed by atoms with Crippen LogP contribution in [-0.4, -0.2) is 32.4 Å². The Hall–Kier alpha value is -4.13. The molecule has 192 valence electrons. The van der Waals surface area contributed by atoms with Crippen LogP contribution < -0.4 is 9.47 Å². The van der Waals surface area contributed by atoms with Crippen LogP contribution in [0.25, 0.3) is 11.1 Å². The first-order valence-electron chi connectivity index (χ1n) is 12.6. The second kappa shape index (κ2) is 12.2. The fraction of sp³-hybridized carbons (Fsp3) is 0.300. The second-order valence-electron chi connectivity index (χ2n) is 9.15. The number of rotatable bonds is 12. The van der Waals surface area contributed by atoms with Gasteiger partial charge in [0.1, 0.15) is 30.3 Å². The molecule has 1 heterocycles. The van der Waals surface area contributed by atoms with Crippen molar-refractivity contribution < 1.29 is 19.4 Å². The van der Waals surface area contributed by atoms with Crippen molar-refractivity contribution in [3.8, 4) is 22.6 Å². The molecule has 0 saturated carbocycles. The highest BCUT2D eigenvalue weighted by Crippen LogP contribution is 2.32. The summed E-state index contributed by atoms with van der Waals surface area (Å²) in [5, 5.41) is 13.5. The molecule has 0 aliphatic carbocycles. The number of unbranched alkanes of at least 4 members (excludes halogenated alkanes) is 1. The molecule has 7 nitrogen and oxygen atoms in total. The van der Waals surface area contributed by atoms with Crippen LogP contribution in [0.5, 0.6) is 11.5 Å². The number of aromatic nitrogens is 3. The van der Waals surface area contributed by atoms with Gasteiger partial charge in [0.05, 0.1) is 18.9 Å². The van der Waals surface area contributed by atoms with Gasteiger partial charge in [-0.25, -0.2) is 4.98 Å². The van der Waals surface area contributed by atoms with Gasteiger partial charge in [-0.05, 0) is 54.3 Å². The summed E-state index contributed by atoms with van der Waals surface area (Å²) in [5.41, 5.74) is 5.30. The smallest absolute Gasteiger partial charge is 0.304 e. The Labute approximate surface area is 217 Å². The number of carboxylic acid groups (broad SMARTS) is 1. The Morgan fingerprint density at radius 3 is 2.43 bits per heavy atom. The Morgan fingerprint density at radius 2 is 1.78 bits per heavy atom. The maximum atomic E-state index is 11.4. The summed E-state index contributed by atoms with van der Waals surface area (Å²) in [4.78, 5) is 15.7. The van der Waals surface area contributed by atoms with E-state index in [-0.39, 0.29) is 12.3 Å². The van der Waals surface area contributed by atoms with Crippen LogP contribution in [-0.2, 0) is 18.4 Å². The lowest BCUT2D eigenvalue weighted by Gasteiger charge is -2.15. The average Bonchev–Trinajstić information content (AvgIpc) is 3.33. The van der Waals surface area contributed by atoms with E-state index >= 15 is 0 Å². The highest BCUT2D eigenvalue weighted by atomic mass is 16.5. The van der Waals surface area contributed by atoms with Crippen LogP contribution in [0.3, 0.4) is 0 Å². The molecule has 0 radical (unpaired) electrons. The summed E-state index contributed by atoms with van der Waals surface area (Å²) in [5.74, 6) is 0.964. The number of aryl methyl sites for hydroxylation is 2. The molecule has 0 aliphatic heterocycles. The first kappa shape index (κ1) is 25.9. The summed E-state index contributed by atoms with van der Waals surface area (Å²) < 4.78 is 13.6. The Bertz CT molecular complexity index is 1310. The molecular weight excluding hydrogens is 466 g/mol. The van der Waals surface area contributed by atoms with Gasteiger partial charge in [-0.3, -0.25) is 9.48 Å². The van der Waals surface area contributed by atoms with Crippen molar-refractivity contribution in [2.75, 3.05) is 6.61 Å². The number of carbonyl (C=O) groups is 1. The van der Waals surface area contributed by atoms with Crippen molar-refractivity contribution in [2.24, 2.45) is 7.05 Å². The molecule has 1 N–H and O–H groups in total. The van der Waals surface area contributed by atoms with Crippen molar-refractivity contribution in [2.45, 2.75) is 45.6 Å². The van der Waals surface area contributed by atoms with Crippen molar-refractivity contribution in [3.63, 3.8) is 0 Å². The van der Waals surface area contributed by atoms with Crippen LogP contribution >= 0.6 is 0 Å². The number of ether oxygens (including phenoxy) is 2. The molecule has 0 aliphatic rings. The number of hydrogen-bond donors (Lipinski definition) is 1. The van der Waals surface area contributed by atoms with Crippen molar-refractivity contribution in [3.05, 3.63) is 95.6 Å². The van der Waals surface area contributed by atoms with Gasteiger partial charge in [0.25, 0.3) is 0 Å². The van der Waals surface area contributed by atoms with E-state index in [1.807, 2.05) is 30.3 Å². The zero-order valence-corrected chi connectivity index (χ0v) is 21.6. The lowest BCUT2D eigenvalue weighted by molar-refractivity contribution is -0.137. The lowest BCUT2D eigenvalue weighted by atomic mass is 9.95.